The average molecular weight is 319 g/mol. The topological polar surface area (TPSA) is 20.3 Å². The van der Waals surface area contributed by atoms with E-state index in [0.29, 0.717) is 6.54 Å². The van der Waals surface area contributed by atoms with Gasteiger partial charge in [-0.2, -0.15) is 0 Å². The molecule has 0 bridgehead atoms. The molecule has 94 valence electrons. The van der Waals surface area contributed by atoms with Crippen molar-refractivity contribution in [2.24, 2.45) is 0 Å². The van der Waals surface area contributed by atoms with Crippen molar-refractivity contribution in [1.29, 1.82) is 0 Å². The van der Waals surface area contributed by atoms with E-state index in [1.54, 1.807) is 4.90 Å². The van der Waals surface area contributed by atoms with Crippen LogP contribution in [0.4, 0.5) is 0 Å². The minimum Gasteiger partial charge on any atom is -0.342 e. The predicted octanol–water partition coefficient (Wildman–Crippen LogP) is 3.85. The van der Waals surface area contributed by atoms with E-state index in [1.165, 1.54) is 0 Å². The maximum atomic E-state index is 12.2. The van der Waals surface area contributed by atoms with Gasteiger partial charge < -0.3 is 4.90 Å². The Hall–Kier alpha value is -0.540. The fourth-order valence-electron chi connectivity index (χ4n) is 1.52. The van der Waals surface area contributed by atoms with E-state index in [0.717, 1.165) is 22.0 Å². The third-order valence-electron chi connectivity index (χ3n) is 2.71. The monoisotopic (exact) mass is 317 g/mol. The van der Waals surface area contributed by atoms with Crippen LogP contribution in [0.5, 0.6) is 0 Å². The number of hydrogen-bond donors (Lipinski definition) is 0. The van der Waals surface area contributed by atoms with Crippen molar-refractivity contribution in [3.8, 4) is 0 Å². The zero-order valence-corrected chi connectivity index (χ0v) is 12.7. The van der Waals surface area contributed by atoms with Gasteiger partial charge in [0, 0.05) is 29.0 Å². The van der Waals surface area contributed by atoms with Gasteiger partial charge in [-0.25, -0.2) is 0 Å². The van der Waals surface area contributed by atoms with Crippen molar-refractivity contribution in [2.75, 3.05) is 13.6 Å². The predicted molar refractivity (Wildman–Crippen MR) is 75.8 cm³/mol. The lowest BCUT2D eigenvalue weighted by Crippen LogP contribution is -2.29. The molecule has 17 heavy (non-hydrogen) atoms. The summed E-state index contributed by atoms with van der Waals surface area (Å²) in [4.78, 5) is 13.9. The average Bonchev–Trinajstić information content (AvgIpc) is 2.28. The van der Waals surface area contributed by atoms with Crippen molar-refractivity contribution < 1.29 is 4.79 Å². The van der Waals surface area contributed by atoms with Gasteiger partial charge in [-0.05, 0) is 38.0 Å². The second kappa shape index (κ2) is 6.41. The van der Waals surface area contributed by atoms with Gasteiger partial charge in [-0.1, -0.05) is 22.0 Å². The van der Waals surface area contributed by atoms with Gasteiger partial charge in [0.05, 0.1) is 0 Å². The summed E-state index contributed by atoms with van der Waals surface area (Å²) in [5.41, 5.74) is 1.72. The highest BCUT2D eigenvalue weighted by atomic mass is 79.9. The van der Waals surface area contributed by atoms with Gasteiger partial charge in [-0.15, -0.1) is 11.6 Å². The fourth-order valence-corrected chi connectivity index (χ4v) is 1.98. The number of amides is 1. The number of carbonyl (C=O) groups is 1. The zero-order valence-electron chi connectivity index (χ0n) is 10.3. The molecule has 0 aromatic heterocycles. The lowest BCUT2D eigenvalue weighted by Gasteiger charge is -2.19. The second-order valence-corrected chi connectivity index (χ2v) is 5.81. The summed E-state index contributed by atoms with van der Waals surface area (Å²) in [5.74, 6) is 0.0427. The molecule has 0 aliphatic heterocycles. The van der Waals surface area contributed by atoms with Crippen LogP contribution in [-0.2, 0) is 0 Å². The molecule has 0 aliphatic rings. The molecule has 4 heteroatoms. The van der Waals surface area contributed by atoms with Gasteiger partial charge in [0.25, 0.3) is 5.91 Å². The molecule has 1 unspecified atom stereocenters. The molecule has 1 amide bonds. The summed E-state index contributed by atoms with van der Waals surface area (Å²) < 4.78 is 0.961. The summed E-state index contributed by atoms with van der Waals surface area (Å²) in [7, 11) is 1.81. The maximum absolute atomic E-state index is 12.2. The number of rotatable bonds is 4. The first-order chi connectivity index (χ1) is 7.93. The molecule has 0 spiro atoms. The molecule has 2 nitrogen and oxygen atoms in total. The normalized spacial score (nSPS) is 12.3. The minimum absolute atomic E-state index is 0.0427. The van der Waals surface area contributed by atoms with Crippen LogP contribution in [0, 0.1) is 6.92 Å². The molecular weight excluding hydrogens is 302 g/mol. The lowest BCUT2D eigenvalue weighted by molar-refractivity contribution is 0.0793. The van der Waals surface area contributed by atoms with E-state index >= 15 is 0 Å². The first kappa shape index (κ1) is 14.5. The van der Waals surface area contributed by atoms with Crippen LogP contribution < -0.4 is 0 Å². The van der Waals surface area contributed by atoms with Gasteiger partial charge in [0.15, 0.2) is 0 Å². The minimum atomic E-state index is 0.0427. The summed E-state index contributed by atoms with van der Waals surface area (Å²) >= 11 is 9.32. The van der Waals surface area contributed by atoms with Crippen molar-refractivity contribution in [3.05, 3.63) is 33.8 Å². The van der Waals surface area contributed by atoms with Crippen LogP contribution >= 0.6 is 27.5 Å². The molecule has 0 saturated carbocycles. The Kier molecular flexibility index (Phi) is 5.47. The third kappa shape index (κ3) is 4.00. The molecule has 0 saturated heterocycles. The molecular formula is C13H17BrClNO. The Bertz CT molecular complexity index is 406. The van der Waals surface area contributed by atoms with Gasteiger partial charge in [0.2, 0.25) is 0 Å². The molecule has 1 aromatic rings. The highest BCUT2D eigenvalue weighted by Gasteiger charge is 2.15. The van der Waals surface area contributed by atoms with Crippen LogP contribution in [0.15, 0.2) is 22.7 Å². The maximum Gasteiger partial charge on any atom is 0.253 e. The summed E-state index contributed by atoms with van der Waals surface area (Å²) in [6, 6.07) is 5.67. The third-order valence-corrected chi connectivity index (χ3v) is 3.78. The molecule has 0 fully saturated rings. The molecule has 0 N–H and O–H groups in total. The van der Waals surface area contributed by atoms with Crippen LogP contribution in [0.3, 0.4) is 0 Å². The van der Waals surface area contributed by atoms with E-state index in [-0.39, 0.29) is 11.3 Å². The van der Waals surface area contributed by atoms with E-state index < -0.39 is 0 Å². The second-order valence-electron chi connectivity index (χ2n) is 4.21. The number of carbonyl (C=O) groups excluding carboxylic acids is 1. The Labute approximate surface area is 116 Å². The van der Waals surface area contributed by atoms with E-state index in [4.69, 9.17) is 11.6 Å². The van der Waals surface area contributed by atoms with Gasteiger partial charge >= 0.3 is 0 Å². The number of hydrogen-bond acceptors (Lipinski definition) is 1. The van der Waals surface area contributed by atoms with E-state index in [2.05, 4.69) is 15.9 Å². The number of nitrogens with zero attached hydrogens (tertiary/aromatic N) is 1. The van der Waals surface area contributed by atoms with Crippen LogP contribution in [0.25, 0.3) is 0 Å². The highest BCUT2D eigenvalue weighted by Crippen LogP contribution is 2.20. The van der Waals surface area contributed by atoms with E-state index in [9.17, 15) is 4.79 Å². The van der Waals surface area contributed by atoms with Crippen molar-refractivity contribution in [1.82, 2.24) is 4.90 Å². The Balaban J connectivity index is 2.78. The molecule has 0 radical (unpaired) electrons. The summed E-state index contributed by atoms with van der Waals surface area (Å²) in [6.07, 6.45) is 0.802. The highest BCUT2D eigenvalue weighted by molar-refractivity contribution is 9.10. The van der Waals surface area contributed by atoms with Gasteiger partial charge in [-0.3, -0.25) is 4.79 Å². The van der Waals surface area contributed by atoms with Crippen molar-refractivity contribution >= 4 is 33.4 Å². The zero-order chi connectivity index (χ0) is 13.0. The molecule has 1 aromatic carbocycles. The van der Waals surface area contributed by atoms with Crippen molar-refractivity contribution in [3.63, 3.8) is 0 Å². The molecule has 0 heterocycles. The SMILES string of the molecule is Cc1c(Br)cccc1C(=O)N(C)CCC(C)Cl. The fraction of sp³-hybridized carbons (Fsp3) is 0.462. The molecule has 0 aliphatic carbocycles. The Morgan fingerprint density at radius 3 is 2.76 bits per heavy atom. The van der Waals surface area contributed by atoms with Crippen molar-refractivity contribution in [2.45, 2.75) is 25.6 Å². The number of benzene rings is 1. The Morgan fingerprint density at radius 2 is 2.18 bits per heavy atom. The summed E-state index contributed by atoms with van der Waals surface area (Å²) in [6.45, 7) is 4.55. The quantitative estimate of drug-likeness (QED) is 0.772. The molecule has 1 atom stereocenters. The lowest BCUT2D eigenvalue weighted by atomic mass is 10.1. The first-order valence-corrected chi connectivity index (χ1v) is 6.81. The Morgan fingerprint density at radius 1 is 1.53 bits per heavy atom. The standard InChI is InChI=1S/C13H17BrClNO/c1-9(15)7-8-16(3)13(17)11-5-4-6-12(14)10(11)2/h4-6,9H,7-8H2,1-3H3. The molecule has 1 rings (SSSR count). The van der Waals surface area contributed by atoms with Crippen LogP contribution in [0.1, 0.15) is 29.3 Å². The largest absolute Gasteiger partial charge is 0.342 e. The van der Waals surface area contributed by atoms with Crippen LogP contribution in [0.2, 0.25) is 0 Å². The number of halogens is 2. The van der Waals surface area contributed by atoms with E-state index in [1.807, 2.05) is 39.1 Å². The number of alkyl halides is 1. The summed E-state index contributed by atoms with van der Waals surface area (Å²) in [5, 5.41) is 0.0915. The van der Waals surface area contributed by atoms with Gasteiger partial charge in [0.1, 0.15) is 0 Å². The first-order valence-electron chi connectivity index (χ1n) is 5.58. The van der Waals surface area contributed by atoms with Crippen LogP contribution in [-0.4, -0.2) is 29.8 Å². The smallest absolute Gasteiger partial charge is 0.253 e.